The molecule has 1 unspecified atom stereocenters. The highest BCUT2D eigenvalue weighted by molar-refractivity contribution is 7.88. The van der Waals surface area contributed by atoms with Crippen LogP contribution >= 0.6 is 0 Å². The van der Waals surface area contributed by atoms with Crippen molar-refractivity contribution in [3.63, 3.8) is 0 Å². The summed E-state index contributed by atoms with van der Waals surface area (Å²) in [5.74, 6) is 0. The summed E-state index contributed by atoms with van der Waals surface area (Å²) in [6, 6.07) is 0.645. The second kappa shape index (κ2) is 5.65. The average Bonchev–Trinajstić information content (AvgIpc) is 2.56. The summed E-state index contributed by atoms with van der Waals surface area (Å²) in [5, 5.41) is 3.42. The summed E-state index contributed by atoms with van der Waals surface area (Å²) in [6.45, 7) is 5.30. The summed E-state index contributed by atoms with van der Waals surface area (Å²) in [4.78, 5) is 2.47. The van der Waals surface area contributed by atoms with Crippen LogP contribution < -0.4 is 5.32 Å². The second-order valence-electron chi connectivity index (χ2n) is 5.03. The quantitative estimate of drug-likeness (QED) is 0.742. The zero-order valence-corrected chi connectivity index (χ0v) is 11.4. The van der Waals surface area contributed by atoms with Crippen LogP contribution in [0.15, 0.2) is 0 Å². The van der Waals surface area contributed by atoms with Gasteiger partial charge in [0.15, 0.2) is 0 Å². The number of nitrogens with zero attached hydrogens (tertiary/aromatic N) is 2. The van der Waals surface area contributed by atoms with Gasteiger partial charge in [-0.2, -0.15) is 4.31 Å². The Kier molecular flexibility index (Phi) is 4.41. The number of nitrogens with one attached hydrogen (secondary N) is 1. The fraction of sp³-hybridized carbons (Fsp3) is 1.00. The van der Waals surface area contributed by atoms with Gasteiger partial charge in [-0.15, -0.1) is 0 Å². The van der Waals surface area contributed by atoms with Gasteiger partial charge in [0.05, 0.1) is 6.26 Å². The Hall–Kier alpha value is -0.170. The van der Waals surface area contributed by atoms with E-state index < -0.39 is 10.0 Å². The van der Waals surface area contributed by atoms with Gasteiger partial charge in [-0.25, -0.2) is 8.42 Å². The molecule has 100 valence electrons. The molecule has 0 aliphatic carbocycles. The van der Waals surface area contributed by atoms with Crippen molar-refractivity contribution < 1.29 is 8.42 Å². The maximum absolute atomic E-state index is 11.4. The van der Waals surface area contributed by atoms with Crippen LogP contribution in [0.1, 0.15) is 19.3 Å². The molecule has 2 fully saturated rings. The lowest BCUT2D eigenvalue weighted by Gasteiger charge is -2.38. The Morgan fingerprint density at radius 2 is 1.76 bits per heavy atom. The molecule has 0 spiro atoms. The van der Waals surface area contributed by atoms with Crippen LogP contribution in [-0.4, -0.2) is 69.2 Å². The number of hydrogen-bond acceptors (Lipinski definition) is 4. The van der Waals surface area contributed by atoms with Gasteiger partial charge in [-0.1, -0.05) is 0 Å². The van der Waals surface area contributed by atoms with E-state index in [0.717, 1.165) is 26.2 Å². The standard InChI is InChI=1S/C11H23N3O2S/c1-17(15,16)14-9-7-13(8-10-14)11-3-2-5-12-6-4-11/h11-12H,2-10H2,1H3. The van der Waals surface area contributed by atoms with E-state index in [2.05, 4.69) is 10.2 Å². The van der Waals surface area contributed by atoms with Crippen LogP contribution in [0, 0.1) is 0 Å². The molecule has 0 amide bonds. The van der Waals surface area contributed by atoms with E-state index in [1.54, 1.807) is 4.31 Å². The van der Waals surface area contributed by atoms with Crippen LogP contribution in [0.25, 0.3) is 0 Å². The maximum atomic E-state index is 11.4. The Morgan fingerprint density at radius 3 is 2.41 bits per heavy atom. The minimum atomic E-state index is -2.99. The molecule has 2 saturated heterocycles. The molecule has 1 atom stereocenters. The molecular formula is C11H23N3O2S. The predicted molar refractivity (Wildman–Crippen MR) is 68.5 cm³/mol. The lowest BCUT2D eigenvalue weighted by atomic mass is 10.1. The summed E-state index contributed by atoms with van der Waals surface area (Å²) in [5.41, 5.74) is 0. The Labute approximate surface area is 104 Å². The fourth-order valence-electron chi connectivity index (χ4n) is 2.77. The summed E-state index contributed by atoms with van der Waals surface area (Å²) in [6.07, 6.45) is 4.97. The first-order valence-corrected chi connectivity index (χ1v) is 8.32. The molecule has 0 aromatic rings. The highest BCUT2D eigenvalue weighted by atomic mass is 32.2. The molecule has 0 bridgehead atoms. The second-order valence-corrected chi connectivity index (χ2v) is 7.02. The van der Waals surface area contributed by atoms with Crippen molar-refractivity contribution in [1.29, 1.82) is 0 Å². The topological polar surface area (TPSA) is 52.7 Å². The molecule has 17 heavy (non-hydrogen) atoms. The van der Waals surface area contributed by atoms with Gasteiger partial charge in [-0.3, -0.25) is 4.90 Å². The van der Waals surface area contributed by atoms with Crippen molar-refractivity contribution in [2.75, 3.05) is 45.5 Å². The van der Waals surface area contributed by atoms with Crippen LogP contribution in [0.3, 0.4) is 0 Å². The molecule has 0 aromatic heterocycles. The molecule has 2 heterocycles. The van der Waals surface area contributed by atoms with E-state index in [-0.39, 0.29) is 0 Å². The van der Waals surface area contributed by atoms with Crippen molar-refractivity contribution >= 4 is 10.0 Å². The number of piperazine rings is 1. The van der Waals surface area contributed by atoms with Crippen molar-refractivity contribution in [2.24, 2.45) is 0 Å². The van der Waals surface area contributed by atoms with E-state index in [9.17, 15) is 8.42 Å². The van der Waals surface area contributed by atoms with Gasteiger partial charge in [0.2, 0.25) is 10.0 Å². The average molecular weight is 261 g/mol. The number of hydrogen-bond donors (Lipinski definition) is 1. The lowest BCUT2D eigenvalue weighted by Crippen LogP contribution is -2.51. The number of rotatable bonds is 2. The molecule has 0 radical (unpaired) electrons. The zero-order valence-electron chi connectivity index (χ0n) is 10.6. The molecule has 0 aromatic carbocycles. The molecule has 0 saturated carbocycles. The smallest absolute Gasteiger partial charge is 0.211 e. The van der Waals surface area contributed by atoms with Gasteiger partial charge in [0.25, 0.3) is 0 Å². The van der Waals surface area contributed by atoms with Crippen LogP contribution in [0.5, 0.6) is 0 Å². The Bertz CT molecular complexity index is 329. The maximum Gasteiger partial charge on any atom is 0.211 e. The van der Waals surface area contributed by atoms with Gasteiger partial charge in [0.1, 0.15) is 0 Å². The van der Waals surface area contributed by atoms with Gasteiger partial charge < -0.3 is 5.32 Å². The summed E-state index contributed by atoms with van der Waals surface area (Å²) in [7, 11) is -2.99. The van der Waals surface area contributed by atoms with E-state index >= 15 is 0 Å². The number of sulfonamides is 1. The van der Waals surface area contributed by atoms with Crippen LogP contribution in [-0.2, 0) is 10.0 Å². The monoisotopic (exact) mass is 261 g/mol. The predicted octanol–water partition coefficient (Wildman–Crippen LogP) is -0.294. The highest BCUT2D eigenvalue weighted by Crippen LogP contribution is 2.16. The zero-order chi connectivity index (χ0) is 12.3. The van der Waals surface area contributed by atoms with E-state index in [4.69, 9.17) is 0 Å². The SMILES string of the molecule is CS(=O)(=O)N1CCN(C2CCCNCC2)CC1. The first-order valence-electron chi connectivity index (χ1n) is 6.47. The molecule has 2 aliphatic rings. The van der Waals surface area contributed by atoms with Gasteiger partial charge >= 0.3 is 0 Å². The van der Waals surface area contributed by atoms with Crippen molar-refractivity contribution in [1.82, 2.24) is 14.5 Å². The van der Waals surface area contributed by atoms with Gasteiger partial charge in [-0.05, 0) is 32.4 Å². The van der Waals surface area contributed by atoms with Crippen molar-refractivity contribution in [3.8, 4) is 0 Å². The van der Waals surface area contributed by atoms with E-state index in [0.29, 0.717) is 19.1 Å². The fourth-order valence-corrected chi connectivity index (χ4v) is 3.59. The molecule has 1 N–H and O–H groups in total. The van der Waals surface area contributed by atoms with Crippen LogP contribution in [0.4, 0.5) is 0 Å². The minimum Gasteiger partial charge on any atom is -0.317 e. The summed E-state index contributed by atoms with van der Waals surface area (Å²) >= 11 is 0. The Balaban J connectivity index is 1.85. The summed E-state index contributed by atoms with van der Waals surface area (Å²) < 4.78 is 24.4. The molecule has 6 heteroatoms. The molecule has 5 nitrogen and oxygen atoms in total. The largest absolute Gasteiger partial charge is 0.317 e. The van der Waals surface area contributed by atoms with E-state index in [1.165, 1.54) is 25.5 Å². The van der Waals surface area contributed by atoms with Crippen molar-refractivity contribution in [2.45, 2.75) is 25.3 Å². The minimum absolute atomic E-state index is 0.645. The van der Waals surface area contributed by atoms with E-state index in [1.807, 2.05) is 0 Å². The van der Waals surface area contributed by atoms with Crippen LogP contribution in [0.2, 0.25) is 0 Å². The lowest BCUT2D eigenvalue weighted by molar-refractivity contribution is 0.128. The third kappa shape index (κ3) is 3.64. The third-order valence-corrected chi connectivity index (χ3v) is 5.11. The molecular weight excluding hydrogens is 238 g/mol. The third-order valence-electron chi connectivity index (χ3n) is 3.80. The van der Waals surface area contributed by atoms with Crippen molar-refractivity contribution in [3.05, 3.63) is 0 Å². The normalized spacial score (nSPS) is 30.1. The molecule has 2 rings (SSSR count). The highest BCUT2D eigenvalue weighted by Gasteiger charge is 2.27. The Morgan fingerprint density at radius 1 is 1.06 bits per heavy atom. The first-order chi connectivity index (χ1) is 8.07. The first kappa shape index (κ1) is 13.3. The van der Waals surface area contributed by atoms with Gasteiger partial charge in [0, 0.05) is 32.2 Å². The molecule has 2 aliphatic heterocycles.